The maximum atomic E-state index is 11.8. The second-order valence-electron chi connectivity index (χ2n) is 3.68. The summed E-state index contributed by atoms with van der Waals surface area (Å²) in [4.78, 5) is 11.8. The summed E-state index contributed by atoms with van der Waals surface area (Å²) in [6.45, 7) is 0.472. The minimum Gasteiger partial charge on any atom is -0.398 e. The monoisotopic (exact) mass is 312 g/mol. The Morgan fingerprint density at radius 1 is 1.29 bits per heavy atom. The first-order chi connectivity index (χ1) is 8.06. The Morgan fingerprint density at radius 2 is 1.94 bits per heavy atom. The highest BCUT2D eigenvalue weighted by Gasteiger charge is 2.03. The number of aromatic nitrogens is 1. The Balaban J connectivity index is 2.36. The highest BCUT2D eigenvalue weighted by atomic mass is 79.9. The van der Waals surface area contributed by atoms with E-state index in [1.54, 1.807) is 29.0 Å². The number of nitrogens with two attached hydrogens (primary N) is 1. The van der Waals surface area contributed by atoms with Gasteiger partial charge in [0, 0.05) is 16.9 Å². The van der Waals surface area contributed by atoms with Gasteiger partial charge in [-0.15, -0.1) is 0 Å². The number of hydrogen-bond acceptors (Lipinski definition) is 2. The van der Waals surface area contributed by atoms with Crippen molar-refractivity contribution in [3.8, 4) is 0 Å². The number of halogens is 2. The Hall–Kier alpha value is -1.26. The third kappa shape index (κ3) is 2.90. The molecule has 5 heteroatoms. The van der Waals surface area contributed by atoms with E-state index in [0.717, 1.165) is 5.56 Å². The second-order valence-corrected chi connectivity index (χ2v) is 4.97. The van der Waals surface area contributed by atoms with E-state index in [2.05, 4.69) is 15.9 Å². The molecule has 1 aromatic heterocycles. The molecule has 0 radical (unpaired) electrons. The van der Waals surface area contributed by atoms with Crippen molar-refractivity contribution in [3.05, 3.63) is 61.9 Å². The van der Waals surface area contributed by atoms with E-state index in [1.165, 1.54) is 0 Å². The molecule has 0 unspecified atom stereocenters. The molecule has 0 aliphatic rings. The van der Waals surface area contributed by atoms with Crippen molar-refractivity contribution < 1.29 is 0 Å². The zero-order valence-electron chi connectivity index (χ0n) is 8.86. The van der Waals surface area contributed by atoms with Gasteiger partial charge >= 0.3 is 0 Å². The highest BCUT2D eigenvalue weighted by Crippen LogP contribution is 2.12. The Labute approximate surface area is 112 Å². The highest BCUT2D eigenvalue weighted by molar-refractivity contribution is 9.10. The van der Waals surface area contributed by atoms with Gasteiger partial charge in [0.05, 0.1) is 11.0 Å². The van der Waals surface area contributed by atoms with E-state index in [-0.39, 0.29) is 5.56 Å². The number of benzene rings is 1. The topological polar surface area (TPSA) is 48.0 Å². The van der Waals surface area contributed by atoms with Crippen molar-refractivity contribution in [3.63, 3.8) is 0 Å². The SMILES string of the molecule is Nc1cc(Br)c(=O)n(Cc2ccc(Cl)cc2)c1. The molecule has 2 aromatic rings. The van der Waals surface area contributed by atoms with Crippen molar-refractivity contribution in [1.82, 2.24) is 4.57 Å². The maximum absolute atomic E-state index is 11.8. The van der Waals surface area contributed by atoms with Crippen LogP contribution in [0.4, 0.5) is 5.69 Å². The van der Waals surface area contributed by atoms with Crippen LogP contribution >= 0.6 is 27.5 Å². The van der Waals surface area contributed by atoms with Crippen LogP contribution in [0.25, 0.3) is 0 Å². The van der Waals surface area contributed by atoms with E-state index in [0.29, 0.717) is 21.7 Å². The molecular weight excluding hydrogens is 304 g/mol. The molecule has 1 aromatic carbocycles. The van der Waals surface area contributed by atoms with Crippen LogP contribution in [0, 0.1) is 0 Å². The van der Waals surface area contributed by atoms with E-state index in [4.69, 9.17) is 17.3 Å². The zero-order chi connectivity index (χ0) is 12.4. The normalized spacial score (nSPS) is 10.5. The van der Waals surface area contributed by atoms with Gasteiger partial charge < -0.3 is 10.3 Å². The molecule has 0 atom stereocenters. The number of rotatable bonds is 2. The van der Waals surface area contributed by atoms with Crippen molar-refractivity contribution in [1.29, 1.82) is 0 Å². The van der Waals surface area contributed by atoms with Gasteiger partial charge in [-0.2, -0.15) is 0 Å². The van der Waals surface area contributed by atoms with E-state index in [1.807, 2.05) is 12.1 Å². The van der Waals surface area contributed by atoms with Gasteiger partial charge in [0.1, 0.15) is 0 Å². The molecule has 0 aliphatic carbocycles. The summed E-state index contributed by atoms with van der Waals surface area (Å²) >= 11 is 8.99. The summed E-state index contributed by atoms with van der Waals surface area (Å²) in [5.41, 5.74) is 7.13. The first-order valence-electron chi connectivity index (χ1n) is 4.96. The first-order valence-corrected chi connectivity index (χ1v) is 6.13. The molecule has 0 aliphatic heterocycles. The molecular formula is C12H10BrClN2O. The van der Waals surface area contributed by atoms with Crippen LogP contribution in [0.1, 0.15) is 5.56 Å². The molecule has 0 fully saturated rings. The molecule has 2 rings (SSSR count). The molecule has 0 spiro atoms. The summed E-state index contributed by atoms with van der Waals surface area (Å²) in [5, 5.41) is 0.676. The lowest BCUT2D eigenvalue weighted by atomic mass is 10.2. The molecule has 3 nitrogen and oxygen atoms in total. The van der Waals surface area contributed by atoms with Crippen LogP contribution < -0.4 is 11.3 Å². The number of anilines is 1. The van der Waals surface area contributed by atoms with Crippen LogP contribution in [0.3, 0.4) is 0 Å². The van der Waals surface area contributed by atoms with Crippen LogP contribution in [-0.2, 0) is 6.54 Å². The minimum atomic E-state index is -0.103. The van der Waals surface area contributed by atoms with Gasteiger partial charge in [-0.25, -0.2) is 0 Å². The maximum Gasteiger partial charge on any atom is 0.265 e. The summed E-state index contributed by atoms with van der Waals surface area (Å²) in [6.07, 6.45) is 1.63. The Morgan fingerprint density at radius 3 is 2.59 bits per heavy atom. The van der Waals surface area contributed by atoms with Crippen molar-refractivity contribution in [2.45, 2.75) is 6.54 Å². The van der Waals surface area contributed by atoms with Crippen LogP contribution in [-0.4, -0.2) is 4.57 Å². The van der Waals surface area contributed by atoms with Gasteiger partial charge in [0.25, 0.3) is 5.56 Å². The molecule has 0 amide bonds. The van der Waals surface area contributed by atoms with Crippen LogP contribution in [0.15, 0.2) is 45.8 Å². The number of nitrogens with zero attached hydrogens (tertiary/aromatic N) is 1. The van der Waals surface area contributed by atoms with Gasteiger partial charge in [-0.1, -0.05) is 23.7 Å². The Bertz CT molecular complexity index is 592. The van der Waals surface area contributed by atoms with Crippen LogP contribution in [0.2, 0.25) is 5.02 Å². The number of nitrogen functional groups attached to an aromatic ring is 1. The molecule has 0 bridgehead atoms. The zero-order valence-corrected chi connectivity index (χ0v) is 11.2. The van der Waals surface area contributed by atoms with Gasteiger partial charge in [-0.05, 0) is 39.7 Å². The molecule has 17 heavy (non-hydrogen) atoms. The molecule has 1 heterocycles. The fraction of sp³-hybridized carbons (Fsp3) is 0.0833. The minimum absolute atomic E-state index is 0.103. The quantitative estimate of drug-likeness (QED) is 0.926. The average Bonchev–Trinajstić information content (AvgIpc) is 2.28. The third-order valence-electron chi connectivity index (χ3n) is 2.33. The van der Waals surface area contributed by atoms with Crippen molar-refractivity contribution in [2.75, 3.05) is 5.73 Å². The summed E-state index contributed by atoms with van der Waals surface area (Å²) in [6, 6.07) is 8.95. The van der Waals surface area contributed by atoms with Gasteiger partial charge in [-0.3, -0.25) is 4.79 Å². The van der Waals surface area contributed by atoms with Gasteiger partial charge in [0.2, 0.25) is 0 Å². The molecule has 2 N–H and O–H groups in total. The van der Waals surface area contributed by atoms with E-state index >= 15 is 0 Å². The fourth-order valence-corrected chi connectivity index (χ4v) is 2.14. The van der Waals surface area contributed by atoms with Crippen LogP contribution in [0.5, 0.6) is 0 Å². The molecule has 0 saturated heterocycles. The smallest absolute Gasteiger partial charge is 0.265 e. The average molecular weight is 314 g/mol. The van der Waals surface area contributed by atoms with Crippen molar-refractivity contribution in [2.24, 2.45) is 0 Å². The number of pyridine rings is 1. The van der Waals surface area contributed by atoms with Gasteiger partial charge in [0.15, 0.2) is 0 Å². The van der Waals surface area contributed by atoms with E-state index < -0.39 is 0 Å². The van der Waals surface area contributed by atoms with Crippen molar-refractivity contribution >= 4 is 33.2 Å². The molecule has 0 saturated carbocycles. The summed E-state index contributed by atoms with van der Waals surface area (Å²) < 4.78 is 2.02. The lowest BCUT2D eigenvalue weighted by Crippen LogP contribution is -2.21. The third-order valence-corrected chi connectivity index (χ3v) is 3.15. The number of hydrogen-bond donors (Lipinski definition) is 1. The molecule has 88 valence electrons. The van der Waals surface area contributed by atoms with E-state index in [9.17, 15) is 4.79 Å². The lowest BCUT2D eigenvalue weighted by Gasteiger charge is -2.07. The standard InChI is InChI=1S/C12H10BrClN2O/c13-11-5-10(15)7-16(12(11)17)6-8-1-3-9(14)4-2-8/h1-5,7H,6,15H2. The largest absolute Gasteiger partial charge is 0.398 e. The predicted octanol–water partition coefficient (Wildman–Crippen LogP) is 2.89. The Kier molecular flexibility index (Phi) is 3.54. The first kappa shape index (κ1) is 12.2. The fourth-order valence-electron chi connectivity index (χ4n) is 1.53. The summed E-state index contributed by atoms with van der Waals surface area (Å²) in [5.74, 6) is 0. The predicted molar refractivity (Wildman–Crippen MR) is 73.4 cm³/mol. The second kappa shape index (κ2) is 4.94. The lowest BCUT2D eigenvalue weighted by molar-refractivity contribution is 0.757. The summed E-state index contributed by atoms with van der Waals surface area (Å²) in [7, 11) is 0.